The average Bonchev–Trinajstić information content (AvgIpc) is 2.27. The number of hydrogen-bond donors (Lipinski definition) is 1. The van der Waals surface area contributed by atoms with Gasteiger partial charge in [-0.3, -0.25) is 0 Å². The molecule has 0 saturated heterocycles. The van der Waals surface area contributed by atoms with Crippen molar-refractivity contribution in [2.45, 2.75) is 13.5 Å². The third-order valence-corrected chi connectivity index (χ3v) is 2.93. The standard InChI is InChI=1S/C14H12ClF2N/c1-9-5-10(16)7-11(6-9)18-8-12-13(15)3-2-4-14(12)17/h2-7,18H,8H2,1H3. The molecular formula is C14H12ClF2N. The second-order valence-electron chi connectivity index (χ2n) is 4.07. The van der Waals surface area contributed by atoms with E-state index in [-0.39, 0.29) is 18.2 Å². The molecule has 0 radical (unpaired) electrons. The van der Waals surface area contributed by atoms with Crippen molar-refractivity contribution in [2.24, 2.45) is 0 Å². The van der Waals surface area contributed by atoms with Gasteiger partial charge in [0.2, 0.25) is 0 Å². The van der Waals surface area contributed by atoms with Crippen molar-refractivity contribution < 1.29 is 8.78 Å². The summed E-state index contributed by atoms with van der Waals surface area (Å²) in [6.07, 6.45) is 0. The van der Waals surface area contributed by atoms with Gasteiger partial charge in [-0.2, -0.15) is 0 Å². The maximum atomic E-state index is 13.5. The van der Waals surface area contributed by atoms with E-state index in [1.165, 1.54) is 18.2 Å². The van der Waals surface area contributed by atoms with Gasteiger partial charge in [0.05, 0.1) is 0 Å². The number of halogens is 3. The van der Waals surface area contributed by atoms with Gasteiger partial charge >= 0.3 is 0 Å². The summed E-state index contributed by atoms with van der Waals surface area (Å²) >= 11 is 5.90. The lowest BCUT2D eigenvalue weighted by Gasteiger charge is -2.10. The van der Waals surface area contributed by atoms with Crippen molar-refractivity contribution in [2.75, 3.05) is 5.32 Å². The molecule has 0 unspecified atom stereocenters. The predicted molar refractivity (Wildman–Crippen MR) is 69.9 cm³/mol. The molecule has 0 spiro atoms. The summed E-state index contributed by atoms with van der Waals surface area (Å²) < 4.78 is 26.7. The minimum atomic E-state index is -0.372. The Kier molecular flexibility index (Phi) is 3.82. The van der Waals surface area contributed by atoms with Gasteiger partial charge in [0.25, 0.3) is 0 Å². The molecule has 0 saturated carbocycles. The second kappa shape index (κ2) is 5.36. The van der Waals surface area contributed by atoms with E-state index in [0.717, 1.165) is 5.56 Å². The Bertz CT molecular complexity index is 529. The van der Waals surface area contributed by atoms with Crippen LogP contribution in [0.2, 0.25) is 5.02 Å². The number of aryl methyl sites for hydroxylation is 1. The van der Waals surface area contributed by atoms with Gasteiger partial charge in [0.15, 0.2) is 0 Å². The third-order valence-electron chi connectivity index (χ3n) is 2.57. The van der Waals surface area contributed by atoms with Crippen LogP contribution in [0.25, 0.3) is 0 Å². The zero-order chi connectivity index (χ0) is 13.1. The van der Waals surface area contributed by atoms with Crippen LogP contribution >= 0.6 is 11.6 Å². The lowest BCUT2D eigenvalue weighted by atomic mass is 10.2. The number of rotatable bonds is 3. The first-order chi connectivity index (χ1) is 8.56. The summed E-state index contributed by atoms with van der Waals surface area (Å²) in [7, 11) is 0. The molecule has 0 aliphatic rings. The summed E-state index contributed by atoms with van der Waals surface area (Å²) in [6.45, 7) is 2.01. The summed E-state index contributed by atoms with van der Waals surface area (Å²) in [6, 6.07) is 9.10. The summed E-state index contributed by atoms with van der Waals surface area (Å²) in [5.74, 6) is -0.694. The molecule has 2 aromatic rings. The van der Waals surface area contributed by atoms with Crippen LogP contribution in [0.3, 0.4) is 0 Å². The highest BCUT2D eigenvalue weighted by Gasteiger charge is 2.06. The largest absolute Gasteiger partial charge is 0.381 e. The molecule has 0 fully saturated rings. The molecule has 4 heteroatoms. The van der Waals surface area contributed by atoms with E-state index >= 15 is 0 Å². The van der Waals surface area contributed by atoms with E-state index in [2.05, 4.69) is 5.32 Å². The molecule has 1 nitrogen and oxygen atoms in total. The van der Waals surface area contributed by atoms with Crippen LogP contribution in [0.1, 0.15) is 11.1 Å². The Labute approximate surface area is 109 Å². The van der Waals surface area contributed by atoms with Crippen LogP contribution in [0, 0.1) is 18.6 Å². The van der Waals surface area contributed by atoms with E-state index in [4.69, 9.17) is 11.6 Å². The summed E-state index contributed by atoms with van der Waals surface area (Å²) in [5, 5.41) is 3.32. The Hall–Kier alpha value is -1.61. The van der Waals surface area contributed by atoms with Gasteiger partial charge in [-0.1, -0.05) is 17.7 Å². The van der Waals surface area contributed by atoms with Crippen LogP contribution < -0.4 is 5.32 Å². The zero-order valence-corrected chi connectivity index (χ0v) is 10.6. The molecule has 0 heterocycles. The maximum Gasteiger partial charge on any atom is 0.129 e. The van der Waals surface area contributed by atoms with Crippen molar-refractivity contribution in [3.8, 4) is 0 Å². The Balaban J connectivity index is 2.16. The minimum absolute atomic E-state index is 0.217. The predicted octanol–water partition coefficient (Wildman–Crippen LogP) is 4.54. The summed E-state index contributed by atoms with van der Waals surface area (Å²) in [4.78, 5) is 0. The van der Waals surface area contributed by atoms with Crippen LogP contribution in [0.15, 0.2) is 36.4 Å². The number of hydrogen-bond acceptors (Lipinski definition) is 1. The first-order valence-electron chi connectivity index (χ1n) is 5.50. The molecule has 18 heavy (non-hydrogen) atoms. The van der Waals surface area contributed by atoms with Gasteiger partial charge in [0, 0.05) is 22.8 Å². The number of benzene rings is 2. The van der Waals surface area contributed by atoms with Crippen molar-refractivity contribution in [1.29, 1.82) is 0 Å². The molecule has 94 valence electrons. The fraction of sp³-hybridized carbons (Fsp3) is 0.143. The van der Waals surface area contributed by atoms with Gasteiger partial charge in [-0.05, 0) is 42.8 Å². The van der Waals surface area contributed by atoms with E-state index in [1.54, 1.807) is 25.1 Å². The highest BCUT2D eigenvalue weighted by Crippen LogP contribution is 2.21. The van der Waals surface area contributed by atoms with Crippen molar-refractivity contribution >= 4 is 17.3 Å². The van der Waals surface area contributed by atoms with Crippen LogP contribution in [-0.2, 0) is 6.54 Å². The topological polar surface area (TPSA) is 12.0 Å². The zero-order valence-electron chi connectivity index (χ0n) is 9.81. The molecule has 0 aromatic heterocycles. The Morgan fingerprint density at radius 1 is 1.17 bits per heavy atom. The van der Waals surface area contributed by atoms with Crippen molar-refractivity contribution in [1.82, 2.24) is 0 Å². The molecule has 0 atom stereocenters. The van der Waals surface area contributed by atoms with Gasteiger partial charge in [-0.25, -0.2) is 8.78 Å². The summed E-state index contributed by atoms with van der Waals surface area (Å²) in [5.41, 5.74) is 1.78. The smallest absolute Gasteiger partial charge is 0.129 e. The van der Waals surface area contributed by atoms with Gasteiger partial charge in [-0.15, -0.1) is 0 Å². The lowest BCUT2D eigenvalue weighted by molar-refractivity contribution is 0.613. The quantitative estimate of drug-likeness (QED) is 0.861. The van der Waals surface area contributed by atoms with E-state index in [0.29, 0.717) is 16.3 Å². The first kappa shape index (κ1) is 12.8. The molecule has 0 bridgehead atoms. The van der Waals surface area contributed by atoms with Gasteiger partial charge < -0.3 is 5.32 Å². The van der Waals surface area contributed by atoms with Crippen molar-refractivity contribution in [3.63, 3.8) is 0 Å². The van der Waals surface area contributed by atoms with Gasteiger partial charge in [0.1, 0.15) is 11.6 Å². The molecular weight excluding hydrogens is 256 g/mol. The van der Waals surface area contributed by atoms with E-state index < -0.39 is 0 Å². The highest BCUT2D eigenvalue weighted by atomic mass is 35.5. The van der Waals surface area contributed by atoms with E-state index in [1.807, 2.05) is 0 Å². The molecule has 0 aliphatic carbocycles. The Morgan fingerprint density at radius 2 is 1.94 bits per heavy atom. The molecule has 2 aromatic carbocycles. The van der Waals surface area contributed by atoms with Crippen LogP contribution in [0.4, 0.5) is 14.5 Å². The van der Waals surface area contributed by atoms with E-state index in [9.17, 15) is 8.78 Å². The Morgan fingerprint density at radius 3 is 2.61 bits per heavy atom. The SMILES string of the molecule is Cc1cc(F)cc(NCc2c(F)cccc2Cl)c1. The fourth-order valence-electron chi connectivity index (χ4n) is 1.73. The highest BCUT2D eigenvalue weighted by molar-refractivity contribution is 6.31. The maximum absolute atomic E-state index is 13.5. The average molecular weight is 268 g/mol. The minimum Gasteiger partial charge on any atom is -0.381 e. The molecule has 1 N–H and O–H groups in total. The second-order valence-corrected chi connectivity index (χ2v) is 4.48. The number of nitrogens with one attached hydrogen (secondary N) is 1. The molecule has 0 amide bonds. The van der Waals surface area contributed by atoms with Crippen LogP contribution in [0.5, 0.6) is 0 Å². The fourth-order valence-corrected chi connectivity index (χ4v) is 1.96. The normalized spacial score (nSPS) is 10.4. The molecule has 2 rings (SSSR count). The van der Waals surface area contributed by atoms with Crippen LogP contribution in [-0.4, -0.2) is 0 Å². The molecule has 0 aliphatic heterocycles. The van der Waals surface area contributed by atoms with Crippen molar-refractivity contribution in [3.05, 3.63) is 64.2 Å². The number of anilines is 1. The lowest BCUT2D eigenvalue weighted by Crippen LogP contribution is -2.03. The monoisotopic (exact) mass is 267 g/mol. The first-order valence-corrected chi connectivity index (χ1v) is 5.88. The third kappa shape index (κ3) is 2.99.